The number of rotatable bonds is 5. The molecule has 1 aliphatic rings. The standard InChI is InChI=1S/C19H27N5/c1-4-16-10-6-7-12-24(16)18-14-20-22-19(21-18)23(5-2)17-11-8-9-15(3)13-17/h8-9,11,13-14,16H,4-7,10,12H2,1-3H3. The summed E-state index contributed by atoms with van der Waals surface area (Å²) in [6, 6.07) is 9.00. The van der Waals surface area contributed by atoms with Crippen molar-refractivity contribution < 1.29 is 0 Å². The molecule has 1 fully saturated rings. The van der Waals surface area contributed by atoms with E-state index in [9.17, 15) is 0 Å². The molecule has 1 aromatic heterocycles. The van der Waals surface area contributed by atoms with Crippen LogP contribution in [0.25, 0.3) is 0 Å². The van der Waals surface area contributed by atoms with Crippen LogP contribution < -0.4 is 9.80 Å². The first-order valence-corrected chi connectivity index (χ1v) is 9.03. The molecule has 24 heavy (non-hydrogen) atoms. The van der Waals surface area contributed by atoms with Crippen LogP contribution in [0.3, 0.4) is 0 Å². The highest BCUT2D eigenvalue weighted by Gasteiger charge is 2.23. The van der Waals surface area contributed by atoms with E-state index in [1.807, 2.05) is 6.20 Å². The minimum absolute atomic E-state index is 0.567. The summed E-state index contributed by atoms with van der Waals surface area (Å²) in [4.78, 5) is 9.38. The third-order valence-corrected chi connectivity index (χ3v) is 4.80. The highest BCUT2D eigenvalue weighted by molar-refractivity contribution is 5.59. The molecule has 5 heteroatoms. The SMILES string of the molecule is CCC1CCCCN1c1cnnc(N(CC)c2cccc(C)c2)n1. The fourth-order valence-corrected chi connectivity index (χ4v) is 3.50. The molecule has 0 saturated carbocycles. The van der Waals surface area contributed by atoms with Crippen LogP contribution in [0.1, 0.15) is 45.1 Å². The van der Waals surface area contributed by atoms with Crippen molar-refractivity contribution in [1.82, 2.24) is 15.2 Å². The summed E-state index contributed by atoms with van der Waals surface area (Å²) in [5.41, 5.74) is 2.35. The normalized spacial score (nSPS) is 17.8. The van der Waals surface area contributed by atoms with Crippen LogP contribution in [0.15, 0.2) is 30.5 Å². The summed E-state index contributed by atoms with van der Waals surface area (Å²) >= 11 is 0. The van der Waals surface area contributed by atoms with E-state index in [2.05, 4.69) is 65.0 Å². The van der Waals surface area contributed by atoms with Crippen LogP contribution in [-0.2, 0) is 0 Å². The van der Waals surface area contributed by atoms with Gasteiger partial charge >= 0.3 is 0 Å². The van der Waals surface area contributed by atoms with Crippen molar-refractivity contribution in [2.75, 3.05) is 22.9 Å². The van der Waals surface area contributed by atoms with Gasteiger partial charge in [-0.2, -0.15) is 10.1 Å². The molecule has 0 bridgehead atoms. The number of hydrogen-bond acceptors (Lipinski definition) is 5. The molecule has 1 aromatic carbocycles. The van der Waals surface area contributed by atoms with E-state index in [0.29, 0.717) is 12.0 Å². The van der Waals surface area contributed by atoms with Crippen LogP contribution in [0.4, 0.5) is 17.5 Å². The summed E-state index contributed by atoms with van der Waals surface area (Å²) in [6.45, 7) is 8.35. The van der Waals surface area contributed by atoms with Crippen molar-refractivity contribution in [3.8, 4) is 0 Å². The molecule has 0 aliphatic carbocycles. The van der Waals surface area contributed by atoms with E-state index in [-0.39, 0.29) is 0 Å². The summed E-state index contributed by atoms with van der Waals surface area (Å²) in [6.07, 6.45) is 6.73. The van der Waals surface area contributed by atoms with Crippen LogP contribution in [-0.4, -0.2) is 34.3 Å². The van der Waals surface area contributed by atoms with E-state index in [1.165, 1.54) is 24.8 Å². The Hall–Kier alpha value is -2.17. The van der Waals surface area contributed by atoms with Crippen molar-refractivity contribution >= 4 is 17.5 Å². The van der Waals surface area contributed by atoms with Gasteiger partial charge in [-0.15, -0.1) is 5.10 Å². The van der Waals surface area contributed by atoms with Gasteiger partial charge in [0.05, 0.1) is 6.20 Å². The van der Waals surface area contributed by atoms with Crippen LogP contribution in [0.2, 0.25) is 0 Å². The minimum atomic E-state index is 0.567. The number of piperidine rings is 1. The number of hydrogen-bond donors (Lipinski definition) is 0. The van der Waals surface area contributed by atoms with Gasteiger partial charge in [0.15, 0.2) is 5.82 Å². The van der Waals surface area contributed by atoms with Crippen molar-refractivity contribution in [3.63, 3.8) is 0 Å². The predicted octanol–water partition coefficient (Wildman–Crippen LogP) is 4.11. The van der Waals surface area contributed by atoms with E-state index >= 15 is 0 Å². The first kappa shape index (κ1) is 16.7. The zero-order valence-corrected chi connectivity index (χ0v) is 14.9. The number of anilines is 3. The average molecular weight is 325 g/mol. The molecule has 1 unspecified atom stereocenters. The molecule has 0 radical (unpaired) electrons. The van der Waals surface area contributed by atoms with Gasteiger partial charge in [-0.1, -0.05) is 19.1 Å². The van der Waals surface area contributed by atoms with Gasteiger partial charge in [-0.3, -0.25) is 0 Å². The molecule has 1 saturated heterocycles. The van der Waals surface area contributed by atoms with E-state index in [4.69, 9.17) is 4.98 Å². The molecule has 2 aromatic rings. The Bertz CT molecular complexity index is 672. The molecule has 1 atom stereocenters. The summed E-state index contributed by atoms with van der Waals surface area (Å²) in [5, 5.41) is 8.55. The fourth-order valence-electron chi connectivity index (χ4n) is 3.50. The van der Waals surface area contributed by atoms with Crippen molar-refractivity contribution in [3.05, 3.63) is 36.0 Å². The molecule has 128 valence electrons. The maximum atomic E-state index is 4.85. The van der Waals surface area contributed by atoms with Crippen LogP contribution >= 0.6 is 0 Å². The lowest BCUT2D eigenvalue weighted by molar-refractivity contribution is 0.446. The average Bonchev–Trinajstić information content (AvgIpc) is 2.63. The second kappa shape index (κ2) is 7.60. The summed E-state index contributed by atoms with van der Waals surface area (Å²) in [7, 11) is 0. The third-order valence-electron chi connectivity index (χ3n) is 4.80. The number of aryl methyl sites for hydroxylation is 1. The molecule has 0 amide bonds. The first-order valence-electron chi connectivity index (χ1n) is 9.03. The largest absolute Gasteiger partial charge is 0.352 e. The quantitative estimate of drug-likeness (QED) is 0.828. The second-order valence-electron chi connectivity index (χ2n) is 6.45. The maximum Gasteiger partial charge on any atom is 0.251 e. The Morgan fingerprint density at radius 3 is 2.88 bits per heavy atom. The number of benzene rings is 1. The fraction of sp³-hybridized carbons (Fsp3) is 0.526. The molecular weight excluding hydrogens is 298 g/mol. The Morgan fingerprint density at radius 2 is 2.12 bits per heavy atom. The van der Waals surface area contributed by atoms with Gasteiger partial charge < -0.3 is 9.80 Å². The number of aromatic nitrogens is 3. The molecule has 0 spiro atoms. The summed E-state index contributed by atoms with van der Waals surface area (Å²) < 4.78 is 0. The van der Waals surface area contributed by atoms with Crippen molar-refractivity contribution in [2.24, 2.45) is 0 Å². The topological polar surface area (TPSA) is 45.2 Å². The molecule has 0 N–H and O–H groups in total. The molecule has 2 heterocycles. The second-order valence-corrected chi connectivity index (χ2v) is 6.45. The maximum absolute atomic E-state index is 4.85. The van der Waals surface area contributed by atoms with Gasteiger partial charge in [0, 0.05) is 24.8 Å². The van der Waals surface area contributed by atoms with Gasteiger partial charge in [0.2, 0.25) is 0 Å². The van der Waals surface area contributed by atoms with Gasteiger partial charge in [-0.25, -0.2) is 0 Å². The smallest absolute Gasteiger partial charge is 0.251 e. The minimum Gasteiger partial charge on any atom is -0.352 e. The van der Waals surface area contributed by atoms with Crippen molar-refractivity contribution in [2.45, 2.75) is 52.5 Å². The lowest BCUT2D eigenvalue weighted by Gasteiger charge is -2.36. The molecular formula is C19H27N5. The number of nitrogens with zero attached hydrogens (tertiary/aromatic N) is 5. The van der Waals surface area contributed by atoms with E-state index in [0.717, 1.165) is 31.0 Å². The Labute approximate surface area is 144 Å². The predicted molar refractivity (Wildman–Crippen MR) is 99.0 cm³/mol. The Morgan fingerprint density at radius 1 is 1.25 bits per heavy atom. The Kier molecular flexibility index (Phi) is 5.28. The highest BCUT2D eigenvalue weighted by Crippen LogP contribution is 2.27. The molecule has 5 nitrogen and oxygen atoms in total. The van der Waals surface area contributed by atoms with Crippen LogP contribution in [0.5, 0.6) is 0 Å². The molecule has 3 rings (SSSR count). The lowest BCUT2D eigenvalue weighted by atomic mass is 10.0. The lowest BCUT2D eigenvalue weighted by Crippen LogP contribution is -2.40. The van der Waals surface area contributed by atoms with Gasteiger partial charge in [-0.05, 0) is 57.2 Å². The van der Waals surface area contributed by atoms with Crippen molar-refractivity contribution in [1.29, 1.82) is 0 Å². The molecule has 1 aliphatic heterocycles. The summed E-state index contributed by atoms with van der Waals surface area (Å²) in [5.74, 6) is 1.64. The zero-order valence-electron chi connectivity index (χ0n) is 14.9. The van der Waals surface area contributed by atoms with E-state index in [1.54, 1.807) is 0 Å². The first-order chi connectivity index (χ1) is 11.7. The highest BCUT2D eigenvalue weighted by atomic mass is 15.4. The van der Waals surface area contributed by atoms with Gasteiger partial charge in [0.1, 0.15) is 0 Å². The Balaban J connectivity index is 1.91. The van der Waals surface area contributed by atoms with Gasteiger partial charge in [0.25, 0.3) is 5.95 Å². The monoisotopic (exact) mass is 325 g/mol. The zero-order chi connectivity index (χ0) is 16.9. The van der Waals surface area contributed by atoms with E-state index < -0.39 is 0 Å². The third kappa shape index (κ3) is 3.50. The van der Waals surface area contributed by atoms with Crippen LogP contribution in [0, 0.1) is 6.92 Å².